The Bertz CT molecular complexity index is 871. The molecule has 0 fully saturated rings. The molecule has 1 aromatic heterocycles. The van der Waals surface area contributed by atoms with E-state index in [1.165, 1.54) is 5.56 Å². The molecule has 1 atom stereocenters. The third-order valence-corrected chi connectivity index (χ3v) is 4.30. The summed E-state index contributed by atoms with van der Waals surface area (Å²) in [5, 5.41) is 2.93. The van der Waals surface area contributed by atoms with Crippen molar-refractivity contribution >= 4 is 10.9 Å². The van der Waals surface area contributed by atoms with Gasteiger partial charge in [0.25, 0.3) is 5.56 Å². The van der Waals surface area contributed by atoms with Crippen LogP contribution in [0.1, 0.15) is 37.7 Å². The second-order valence-electron chi connectivity index (χ2n) is 6.16. The van der Waals surface area contributed by atoms with Gasteiger partial charge in [-0.2, -0.15) is 0 Å². The van der Waals surface area contributed by atoms with Crippen molar-refractivity contribution in [3.63, 3.8) is 0 Å². The number of aromatic nitrogens is 2. The zero-order chi connectivity index (χ0) is 16.9. The van der Waals surface area contributed by atoms with Gasteiger partial charge in [-0.1, -0.05) is 49.4 Å². The molecule has 0 radical (unpaired) electrons. The fourth-order valence-electron chi connectivity index (χ4n) is 3.00. The van der Waals surface area contributed by atoms with E-state index in [1.807, 2.05) is 34.9 Å². The number of rotatable bonds is 6. The van der Waals surface area contributed by atoms with Crippen molar-refractivity contribution in [2.45, 2.75) is 39.4 Å². The summed E-state index contributed by atoms with van der Waals surface area (Å²) in [5.74, 6) is 0.858. The molecule has 0 aliphatic heterocycles. The quantitative estimate of drug-likeness (QED) is 0.758. The smallest absolute Gasteiger partial charge is 0.261 e. The second kappa shape index (κ2) is 7.41. The first-order valence-electron chi connectivity index (χ1n) is 8.57. The third kappa shape index (κ3) is 3.39. The number of fused-ring (bicyclic) bond motifs is 1. The predicted molar refractivity (Wildman–Crippen MR) is 96.8 cm³/mol. The van der Waals surface area contributed by atoms with Crippen LogP contribution in [0.3, 0.4) is 0 Å². The average Bonchev–Trinajstić information content (AvgIpc) is 2.63. The Labute approximate surface area is 142 Å². The lowest BCUT2D eigenvalue weighted by molar-refractivity contribution is -0.709. The van der Waals surface area contributed by atoms with Crippen molar-refractivity contribution in [2.24, 2.45) is 0 Å². The van der Waals surface area contributed by atoms with E-state index in [-0.39, 0.29) is 11.6 Å². The van der Waals surface area contributed by atoms with Crippen molar-refractivity contribution in [1.29, 1.82) is 0 Å². The summed E-state index contributed by atoms with van der Waals surface area (Å²) in [6.45, 7) is 5.78. The van der Waals surface area contributed by atoms with Crippen LogP contribution in [0, 0.1) is 0 Å². The van der Waals surface area contributed by atoms with Gasteiger partial charge >= 0.3 is 0 Å². The molecule has 0 aliphatic rings. The minimum absolute atomic E-state index is 0.0670. The maximum Gasteiger partial charge on any atom is 0.261 e. The molecule has 3 rings (SSSR count). The topological polar surface area (TPSA) is 51.5 Å². The molecule has 24 heavy (non-hydrogen) atoms. The van der Waals surface area contributed by atoms with E-state index in [0.717, 1.165) is 24.3 Å². The van der Waals surface area contributed by atoms with Crippen LogP contribution in [0.5, 0.6) is 0 Å². The van der Waals surface area contributed by atoms with Gasteiger partial charge in [-0.15, -0.1) is 0 Å². The highest BCUT2D eigenvalue weighted by Crippen LogP contribution is 2.12. The van der Waals surface area contributed by atoms with Gasteiger partial charge in [0.2, 0.25) is 0 Å². The molecule has 2 aromatic carbocycles. The van der Waals surface area contributed by atoms with E-state index in [0.29, 0.717) is 11.9 Å². The van der Waals surface area contributed by atoms with Crippen LogP contribution in [-0.2, 0) is 13.1 Å². The molecule has 0 bridgehead atoms. The van der Waals surface area contributed by atoms with Gasteiger partial charge < -0.3 is 5.32 Å². The number of nitrogens with two attached hydrogens (primary N) is 1. The molecule has 1 heterocycles. The second-order valence-corrected chi connectivity index (χ2v) is 6.16. The number of quaternary nitrogens is 1. The van der Waals surface area contributed by atoms with Crippen LogP contribution in [0.15, 0.2) is 59.4 Å². The summed E-state index contributed by atoms with van der Waals surface area (Å²) >= 11 is 0. The van der Waals surface area contributed by atoms with E-state index in [9.17, 15) is 4.79 Å². The van der Waals surface area contributed by atoms with Gasteiger partial charge in [0.05, 0.1) is 10.9 Å². The third-order valence-electron chi connectivity index (χ3n) is 4.30. The first kappa shape index (κ1) is 16.4. The van der Waals surface area contributed by atoms with Crippen LogP contribution in [0.2, 0.25) is 0 Å². The Hall–Kier alpha value is -2.46. The molecule has 124 valence electrons. The maximum absolute atomic E-state index is 12.8. The fraction of sp³-hybridized carbons (Fsp3) is 0.300. The summed E-state index contributed by atoms with van der Waals surface area (Å²) in [4.78, 5) is 17.6. The number of para-hydroxylation sites is 1. The van der Waals surface area contributed by atoms with Gasteiger partial charge in [-0.05, 0) is 25.5 Å². The minimum atomic E-state index is 0.0670. The molecule has 0 spiro atoms. The molecule has 0 saturated carbocycles. The minimum Gasteiger partial charge on any atom is -0.334 e. The molecule has 2 N–H and O–H groups in total. The van der Waals surface area contributed by atoms with E-state index in [4.69, 9.17) is 4.98 Å². The lowest BCUT2D eigenvalue weighted by Crippen LogP contribution is -2.83. The molecule has 0 aliphatic carbocycles. The Morgan fingerprint density at radius 2 is 1.79 bits per heavy atom. The number of hydrogen-bond acceptors (Lipinski definition) is 2. The van der Waals surface area contributed by atoms with Crippen molar-refractivity contribution < 1.29 is 5.32 Å². The van der Waals surface area contributed by atoms with Crippen molar-refractivity contribution in [1.82, 2.24) is 9.55 Å². The van der Waals surface area contributed by atoms with E-state index >= 15 is 0 Å². The lowest BCUT2D eigenvalue weighted by atomic mass is 10.2. The first-order valence-corrected chi connectivity index (χ1v) is 8.57. The summed E-state index contributed by atoms with van der Waals surface area (Å²) < 4.78 is 1.84. The monoisotopic (exact) mass is 322 g/mol. The van der Waals surface area contributed by atoms with E-state index < -0.39 is 0 Å². The summed E-state index contributed by atoms with van der Waals surface area (Å²) in [6.07, 6.45) is 0.915. The summed E-state index contributed by atoms with van der Waals surface area (Å²) in [7, 11) is 0. The van der Waals surface area contributed by atoms with Crippen LogP contribution >= 0.6 is 0 Å². The van der Waals surface area contributed by atoms with E-state index in [2.05, 4.69) is 43.4 Å². The maximum atomic E-state index is 12.8. The Morgan fingerprint density at radius 3 is 2.54 bits per heavy atom. The Balaban J connectivity index is 1.94. The van der Waals surface area contributed by atoms with Crippen molar-refractivity contribution in [3.05, 3.63) is 76.3 Å². The van der Waals surface area contributed by atoms with Crippen LogP contribution in [0.4, 0.5) is 0 Å². The summed E-state index contributed by atoms with van der Waals surface area (Å²) in [6, 6.07) is 18.1. The van der Waals surface area contributed by atoms with Gasteiger partial charge in [-0.25, -0.2) is 4.98 Å². The molecule has 0 amide bonds. The van der Waals surface area contributed by atoms with Crippen molar-refractivity contribution in [2.75, 3.05) is 0 Å². The SMILES string of the molecule is CCCn1c([C@H](C)[NH2+]Cc2ccccc2)nc2ccccc2c1=O. The Kier molecular flexibility index (Phi) is 5.06. The molecule has 0 saturated heterocycles. The molecule has 3 aromatic rings. The molecule has 4 heteroatoms. The fourth-order valence-corrected chi connectivity index (χ4v) is 3.00. The zero-order valence-electron chi connectivity index (χ0n) is 14.3. The van der Waals surface area contributed by atoms with Crippen LogP contribution in [-0.4, -0.2) is 9.55 Å². The highest BCUT2D eigenvalue weighted by molar-refractivity contribution is 5.77. The normalized spacial score (nSPS) is 12.4. The van der Waals surface area contributed by atoms with Gasteiger partial charge in [0.15, 0.2) is 5.82 Å². The number of nitrogens with zero attached hydrogens (tertiary/aromatic N) is 2. The highest BCUT2D eigenvalue weighted by atomic mass is 16.1. The van der Waals surface area contributed by atoms with Gasteiger partial charge in [0, 0.05) is 12.1 Å². The lowest BCUT2D eigenvalue weighted by Gasteiger charge is -2.17. The zero-order valence-corrected chi connectivity index (χ0v) is 14.3. The van der Waals surface area contributed by atoms with Crippen LogP contribution in [0.25, 0.3) is 10.9 Å². The van der Waals surface area contributed by atoms with E-state index in [1.54, 1.807) is 0 Å². The molecule has 4 nitrogen and oxygen atoms in total. The van der Waals surface area contributed by atoms with Crippen LogP contribution < -0.4 is 10.9 Å². The summed E-state index contributed by atoms with van der Waals surface area (Å²) in [5.41, 5.74) is 2.12. The van der Waals surface area contributed by atoms with Crippen molar-refractivity contribution in [3.8, 4) is 0 Å². The van der Waals surface area contributed by atoms with Gasteiger partial charge in [0.1, 0.15) is 12.6 Å². The predicted octanol–water partition coefficient (Wildman–Crippen LogP) is 2.63. The van der Waals surface area contributed by atoms with Gasteiger partial charge in [-0.3, -0.25) is 9.36 Å². The largest absolute Gasteiger partial charge is 0.334 e. The molecule has 0 unspecified atom stereocenters. The first-order chi connectivity index (χ1) is 11.7. The number of benzene rings is 2. The Morgan fingerprint density at radius 1 is 1.08 bits per heavy atom. The average molecular weight is 322 g/mol. The molecular formula is C20H24N3O+. The standard InChI is InChI=1S/C20H23N3O/c1-3-13-23-19(15(2)21-14-16-9-5-4-6-10-16)22-18-12-8-7-11-17(18)20(23)24/h4-12,15,21H,3,13-14H2,1-2H3/p+1/t15-/m0/s1. The number of hydrogen-bond donors (Lipinski definition) is 1. The molecular weight excluding hydrogens is 298 g/mol. The highest BCUT2D eigenvalue weighted by Gasteiger charge is 2.18.